The van der Waals surface area contributed by atoms with Crippen LogP contribution in [0.4, 0.5) is 0 Å². The van der Waals surface area contributed by atoms with Crippen LogP contribution in [0, 0.1) is 5.92 Å². The minimum atomic E-state index is -0.643. The van der Waals surface area contributed by atoms with Gasteiger partial charge in [0.2, 0.25) is 6.10 Å². The van der Waals surface area contributed by atoms with Crippen molar-refractivity contribution in [2.75, 3.05) is 13.7 Å². The monoisotopic (exact) mass is 428 g/mol. The molecule has 0 N–H and O–H groups in total. The maximum Gasteiger partial charge on any atom is 0.346 e. The highest BCUT2D eigenvalue weighted by Crippen LogP contribution is 2.26. The SMILES string of the molecule is CC[C@H](C)CCCCCCOc1ncc(-c2ccc(OC(=O)[C@@H]3O[C@H]3OC)cc2)cn1. The largest absolute Gasteiger partial charge is 0.463 e. The maximum absolute atomic E-state index is 11.9. The fraction of sp³-hybridized carbons (Fsp3) is 0.542. The molecule has 0 spiro atoms. The molecule has 1 fully saturated rings. The quantitative estimate of drug-likeness (QED) is 0.196. The van der Waals surface area contributed by atoms with Gasteiger partial charge >= 0.3 is 12.0 Å². The Bertz CT molecular complexity index is 810. The molecule has 1 aromatic carbocycles. The zero-order valence-electron chi connectivity index (χ0n) is 18.6. The topological polar surface area (TPSA) is 83.1 Å². The van der Waals surface area contributed by atoms with Crippen LogP contribution in [0.2, 0.25) is 0 Å². The van der Waals surface area contributed by atoms with Crippen LogP contribution < -0.4 is 9.47 Å². The van der Waals surface area contributed by atoms with E-state index in [1.807, 2.05) is 12.1 Å². The van der Waals surface area contributed by atoms with Gasteiger partial charge in [0.15, 0.2) is 6.29 Å². The van der Waals surface area contributed by atoms with Gasteiger partial charge in [-0.3, -0.25) is 0 Å². The molecule has 168 valence electrons. The van der Waals surface area contributed by atoms with E-state index in [-0.39, 0.29) is 0 Å². The van der Waals surface area contributed by atoms with Gasteiger partial charge in [-0.2, -0.15) is 0 Å². The number of ether oxygens (including phenoxy) is 4. The van der Waals surface area contributed by atoms with E-state index in [9.17, 15) is 4.79 Å². The normalized spacial score (nSPS) is 18.4. The van der Waals surface area contributed by atoms with E-state index in [0.29, 0.717) is 18.4 Å². The van der Waals surface area contributed by atoms with Gasteiger partial charge in [-0.1, -0.05) is 58.1 Å². The van der Waals surface area contributed by atoms with Gasteiger partial charge in [0, 0.05) is 25.1 Å². The van der Waals surface area contributed by atoms with Crippen LogP contribution in [0.15, 0.2) is 36.7 Å². The Morgan fingerprint density at radius 2 is 1.77 bits per heavy atom. The number of rotatable bonds is 13. The average molecular weight is 429 g/mol. The summed E-state index contributed by atoms with van der Waals surface area (Å²) in [5.41, 5.74) is 1.78. The molecular formula is C24H32N2O5. The van der Waals surface area contributed by atoms with E-state index in [1.54, 1.807) is 24.5 Å². The Morgan fingerprint density at radius 1 is 1.06 bits per heavy atom. The summed E-state index contributed by atoms with van der Waals surface area (Å²) in [5, 5.41) is 0. The van der Waals surface area contributed by atoms with Crippen molar-refractivity contribution in [1.82, 2.24) is 9.97 Å². The molecule has 31 heavy (non-hydrogen) atoms. The van der Waals surface area contributed by atoms with Crippen molar-refractivity contribution in [1.29, 1.82) is 0 Å². The van der Waals surface area contributed by atoms with Crippen LogP contribution in [0.25, 0.3) is 11.1 Å². The molecule has 0 amide bonds. The first-order chi connectivity index (χ1) is 15.1. The minimum absolute atomic E-state index is 0.394. The number of hydrogen-bond acceptors (Lipinski definition) is 7. The van der Waals surface area contributed by atoms with E-state index in [1.165, 1.54) is 39.2 Å². The molecule has 0 unspecified atom stereocenters. The fourth-order valence-electron chi connectivity index (χ4n) is 3.19. The molecule has 0 saturated carbocycles. The maximum atomic E-state index is 11.9. The number of esters is 1. The zero-order chi connectivity index (χ0) is 22.1. The van der Waals surface area contributed by atoms with E-state index < -0.39 is 18.4 Å². The van der Waals surface area contributed by atoms with Gasteiger partial charge in [0.1, 0.15) is 5.75 Å². The molecule has 2 aromatic rings. The van der Waals surface area contributed by atoms with Gasteiger partial charge in [0.25, 0.3) is 0 Å². The third-order valence-electron chi connectivity index (χ3n) is 5.47. The summed E-state index contributed by atoms with van der Waals surface area (Å²) in [6.07, 6.45) is 9.63. The lowest BCUT2D eigenvalue weighted by Gasteiger charge is -2.08. The number of unbranched alkanes of at least 4 members (excludes halogenated alkanes) is 3. The highest BCUT2D eigenvalue weighted by atomic mass is 16.8. The molecular weight excluding hydrogens is 396 g/mol. The lowest BCUT2D eigenvalue weighted by atomic mass is 10.0. The van der Waals surface area contributed by atoms with Gasteiger partial charge in [-0.25, -0.2) is 14.8 Å². The molecule has 3 rings (SSSR count). The van der Waals surface area contributed by atoms with E-state index in [2.05, 4.69) is 23.8 Å². The van der Waals surface area contributed by atoms with Crippen LogP contribution >= 0.6 is 0 Å². The third-order valence-corrected chi connectivity index (χ3v) is 5.47. The summed E-state index contributed by atoms with van der Waals surface area (Å²) >= 11 is 0. The van der Waals surface area contributed by atoms with Crippen LogP contribution in [-0.4, -0.2) is 42.0 Å². The fourth-order valence-corrected chi connectivity index (χ4v) is 3.19. The second-order valence-corrected chi connectivity index (χ2v) is 7.93. The molecule has 0 radical (unpaired) electrons. The number of aromatic nitrogens is 2. The first-order valence-corrected chi connectivity index (χ1v) is 11.1. The second kappa shape index (κ2) is 11.8. The summed E-state index contributed by atoms with van der Waals surface area (Å²) in [6.45, 7) is 5.20. The standard InChI is InChI=1S/C24H32N2O5/c1-4-17(2)9-7-5-6-8-14-29-24-25-15-19(16-26-24)18-10-12-20(13-11-18)30-22(27)21-23(28-3)31-21/h10-13,15-17,21,23H,4-9,14H2,1-3H3/t17-,21-,23+/m0/s1. The lowest BCUT2D eigenvalue weighted by molar-refractivity contribution is -0.135. The van der Waals surface area contributed by atoms with Crippen molar-refractivity contribution in [3.8, 4) is 22.9 Å². The summed E-state index contributed by atoms with van der Waals surface area (Å²) in [5.74, 6) is 0.819. The Kier molecular flexibility index (Phi) is 8.79. The molecule has 7 nitrogen and oxygen atoms in total. The number of epoxide rings is 1. The number of carbonyl (C=O) groups excluding carboxylic acids is 1. The molecule has 7 heteroatoms. The first-order valence-electron chi connectivity index (χ1n) is 11.1. The van der Waals surface area contributed by atoms with Gasteiger partial charge in [0.05, 0.1) is 6.61 Å². The molecule has 1 saturated heterocycles. The number of nitrogens with zero attached hydrogens (tertiary/aromatic N) is 2. The van der Waals surface area contributed by atoms with Crippen molar-refractivity contribution in [2.24, 2.45) is 5.92 Å². The first kappa shape index (κ1) is 23.2. The summed E-state index contributed by atoms with van der Waals surface area (Å²) in [6, 6.07) is 7.55. The smallest absolute Gasteiger partial charge is 0.346 e. The van der Waals surface area contributed by atoms with Crippen molar-refractivity contribution in [3.63, 3.8) is 0 Å². The van der Waals surface area contributed by atoms with Crippen LogP contribution in [0.3, 0.4) is 0 Å². The minimum Gasteiger partial charge on any atom is -0.463 e. The predicted molar refractivity (Wildman–Crippen MR) is 117 cm³/mol. The van der Waals surface area contributed by atoms with E-state index in [0.717, 1.165) is 23.5 Å². The van der Waals surface area contributed by atoms with E-state index in [4.69, 9.17) is 18.9 Å². The van der Waals surface area contributed by atoms with Crippen LogP contribution in [0.1, 0.15) is 52.4 Å². The van der Waals surface area contributed by atoms with Gasteiger partial charge in [-0.05, 0) is 30.0 Å². The summed E-state index contributed by atoms with van der Waals surface area (Å²) < 4.78 is 20.9. The van der Waals surface area contributed by atoms with Gasteiger partial charge < -0.3 is 18.9 Å². The molecule has 0 bridgehead atoms. The molecule has 0 aliphatic carbocycles. The number of carbonyl (C=O) groups is 1. The Balaban J connectivity index is 1.38. The third kappa shape index (κ3) is 7.29. The molecule has 1 aliphatic rings. The highest BCUT2D eigenvalue weighted by molar-refractivity contribution is 5.80. The van der Waals surface area contributed by atoms with Crippen molar-refractivity contribution in [2.45, 2.75) is 64.8 Å². The zero-order valence-corrected chi connectivity index (χ0v) is 18.6. The number of methoxy groups -OCH3 is 1. The van der Waals surface area contributed by atoms with Gasteiger partial charge in [-0.15, -0.1) is 0 Å². The predicted octanol–water partition coefficient (Wildman–Crippen LogP) is 4.80. The Morgan fingerprint density at radius 3 is 2.42 bits per heavy atom. The number of benzene rings is 1. The molecule has 1 aromatic heterocycles. The Hall–Kier alpha value is -2.51. The van der Waals surface area contributed by atoms with Crippen LogP contribution in [-0.2, 0) is 14.3 Å². The van der Waals surface area contributed by atoms with E-state index >= 15 is 0 Å². The molecule has 1 aliphatic heterocycles. The summed E-state index contributed by atoms with van der Waals surface area (Å²) in [7, 11) is 1.49. The molecule has 2 heterocycles. The lowest BCUT2D eigenvalue weighted by Crippen LogP contribution is -2.17. The second-order valence-electron chi connectivity index (χ2n) is 7.93. The van der Waals surface area contributed by atoms with Crippen LogP contribution in [0.5, 0.6) is 11.8 Å². The van der Waals surface area contributed by atoms with Crippen molar-refractivity contribution >= 4 is 5.97 Å². The van der Waals surface area contributed by atoms with Crippen molar-refractivity contribution in [3.05, 3.63) is 36.7 Å². The number of hydrogen-bond donors (Lipinski definition) is 0. The van der Waals surface area contributed by atoms with Crippen molar-refractivity contribution < 1.29 is 23.7 Å². The summed E-state index contributed by atoms with van der Waals surface area (Å²) in [4.78, 5) is 20.5. The Labute approximate surface area is 184 Å². The average Bonchev–Trinajstić information content (AvgIpc) is 3.59. The highest BCUT2D eigenvalue weighted by Gasteiger charge is 2.47. The molecule has 3 atom stereocenters.